The van der Waals surface area contributed by atoms with Gasteiger partial charge in [-0.1, -0.05) is 42.5 Å². The minimum absolute atomic E-state index is 0.0837. The molecule has 1 amide bonds. The maximum absolute atomic E-state index is 12.4. The quantitative estimate of drug-likeness (QED) is 0.563. The number of aromatic nitrogens is 1. The summed E-state index contributed by atoms with van der Waals surface area (Å²) < 4.78 is 5.37. The Balaban J connectivity index is 1.29. The molecule has 1 aliphatic rings. The fourth-order valence-electron chi connectivity index (χ4n) is 3.90. The van der Waals surface area contributed by atoms with Crippen LogP contribution < -0.4 is 5.32 Å². The molecule has 0 saturated carbocycles. The molecule has 6 heteroatoms. The van der Waals surface area contributed by atoms with E-state index in [1.54, 1.807) is 11.3 Å². The van der Waals surface area contributed by atoms with Crippen LogP contribution in [0.2, 0.25) is 0 Å². The highest BCUT2D eigenvalue weighted by Gasteiger charge is 2.14. The van der Waals surface area contributed by atoms with Gasteiger partial charge in [0.1, 0.15) is 0 Å². The third kappa shape index (κ3) is 5.45. The fourth-order valence-corrected chi connectivity index (χ4v) is 4.99. The molecule has 0 atom stereocenters. The van der Waals surface area contributed by atoms with Crippen molar-refractivity contribution in [2.45, 2.75) is 26.2 Å². The summed E-state index contributed by atoms with van der Waals surface area (Å²) in [6.45, 7) is 7.36. The summed E-state index contributed by atoms with van der Waals surface area (Å²) in [6, 6.07) is 14.9. The molecule has 0 unspecified atom stereocenters. The third-order valence-electron chi connectivity index (χ3n) is 5.56. The SMILES string of the molecule is Cc1nc(Cc2cccc3ccccc23)sc1CC(=O)NCCCN1CCOCC1. The van der Waals surface area contributed by atoms with Crippen molar-refractivity contribution in [2.75, 3.05) is 39.4 Å². The second kappa shape index (κ2) is 10.2. The topological polar surface area (TPSA) is 54.5 Å². The normalized spacial score (nSPS) is 14.8. The van der Waals surface area contributed by atoms with Gasteiger partial charge in [-0.15, -0.1) is 11.3 Å². The van der Waals surface area contributed by atoms with Gasteiger partial charge >= 0.3 is 0 Å². The van der Waals surface area contributed by atoms with Gasteiger partial charge in [0, 0.05) is 30.9 Å². The number of morpholine rings is 1. The van der Waals surface area contributed by atoms with E-state index in [9.17, 15) is 4.79 Å². The largest absolute Gasteiger partial charge is 0.379 e. The zero-order valence-electron chi connectivity index (χ0n) is 17.5. The zero-order valence-corrected chi connectivity index (χ0v) is 18.3. The Bertz CT molecular complexity index is 990. The minimum atomic E-state index is 0.0837. The molecule has 30 heavy (non-hydrogen) atoms. The maximum atomic E-state index is 12.4. The van der Waals surface area contributed by atoms with Crippen molar-refractivity contribution < 1.29 is 9.53 Å². The number of aryl methyl sites for hydroxylation is 1. The highest BCUT2D eigenvalue weighted by atomic mass is 32.1. The summed E-state index contributed by atoms with van der Waals surface area (Å²) in [4.78, 5) is 20.6. The maximum Gasteiger partial charge on any atom is 0.225 e. The summed E-state index contributed by atoms with van der Waals surface area (Å²) in [6.07, 6.45) is 2.18. The van der Waals surface area contributed by atoms with E-state index in [0.29, 0.717) is 6.42 Å². The van der Waals surface area contributed by atoms with E-state index in [4.69, 9.17) is 9.72 Å². The van der Waals surface area contributed by atoms with Crippen molar-refractivity contribution in [1.29, 1.82) is 0 Å². The molecule has 1 aliphatic heterocycles. The molecule has 0 radical (unpaired) electrons. The van der Waals surface area contributed by atoms with Crippen LogP contribution in [-0.2, 0) is 22.4 Å². The standard InChI is InChI=1S/C24H29N3O2S/c1-18-22(17-23(28)25-10-5-11-27-12-14-29-15-13-27)30-24(26-18)16-20-8-4-7-19-6-2-3-9-21(19)20/h2-4,6-9H,5,10-17H2,1H3,(H,25,28). The lowest BCUT2D eigenvalue weighted by Crippen LogP contribution is -2.38. The molecule has 2 aromatic carbocycles. The number of ether oxygens (including phenoxy) is 1. The summed E-state index contributed by atoms with van der Waals surface area (Å²) in [7, 11) is 0. The molecule has 1 saturated heterocycles. The summed E-state index contributed by atoms with van der Waals surface area (Å²) in [5.41, 5.74) is 2.25. The van der Waals surface area contributed by atoms with E-state index >= 15 is 0 Å². The number of hydrogen-bond donors (Lipinski definition) is 1. The Morgan fingerprint density at radius 3 is 2.83 bits per heavy atom. The van der Waals surface area contributed by atoms with Gasteiger partial charge in [0.05, 0.1) is 30.3 Å². The van der Waals surface area contributed by atoms with Crippen LogP contribution in [-0.4, -0.2) is 55.2 Å². The average Bonchev–Trinajstić information content (AvgIpc) is 3.11. The Hall–Kier alpha value is -2.28. The Labute approximate surface area is 182 Å². The lowest BCUT2D eigenvalue weighted by molar-refractivity contribution is -0.120. The lowest BCUT2D eigenvalue weighted by Gasteiger charge is -2.26. The van der Waals surface area contributed by atoms with Crippen LogP contribution in [0.4, 0.5) is 0 Å². The highest BCUT2D eigenvalue weighted by molar-refractivity contribution is 7.11. The van der Waals surface area contributed by atoms with Crippen molar-refractivity contribution in [3.8, 4) is 0 Å². The van der Waals surface area contributed by atoms with Gasteiger partial charge in [-0.3, -0.25) is 9.69 Å². The lowest BCUT2D eigenvalue weighted by atomic mass is 10.0. The van der Waals surface area contributed by atoms with Crippen LogP contribution in [0.5, 0.6) is 0 Å². The van der Waals surface area contributed by atoms with Gasteiger partial charge in [0.15, 0.2) is 0 Å². The van der Waals surface area contributed by atoms with Crippen LogP contribution in [0, 0.1) is 6.92 Å². The molecule has 1 N–H and O–H groups in total. The van der Waals surface area contributed by atoms with E-state index in [0.717, 1.165) is 67.8 Å². The minimum Gasteiger partial charge on any atom is -0.379 e. The predicted octanol–water partition coefficient (Wildman–Crippen LogP) is 3.58. The first-order valence-corrected chi connectivity index (χ1v) is 11.5. The first kappa shape index (κ1) is 21.0. The van der Waals surface area contributed by atoms with E-state index < -0.39 is 0 Å². The number of rotatable bonds is 8. The van der Waals surface area contributed by atoms with Crippen LogP contribution in [0.1, 0.15) is 27.6 Å². The third-order valence-corrected chi connectivity index (χ3v) is 6.71. The molecule has 5 nitrogen and oxygen atoms in total. The fraction of sp³-hybridized carbons (Fsp3) is 0.417. The summed E-state index contributed by atoms with van der Waals surface area (Å²) >= 11 is 1.66. The van der Waals surface area contributed by atoms with Gasteiger partial charge in [-0.25, -0.2) is 4.98 Å². The Morgan fingerprint density at radius 1 is 1.17 bits per heavy atom. The highest BCUT2D eigenvalue weighted by Crippen LogP contribution is 2.25. The molecule has 1 fully saturated rings. The number of nitrogens with one attached hydrogen (secondary N) is 1. The molecular weight excluding hydrogens is 394 g/mol. The molecule has 1 aromatic heterocycles. The van der Waals surface area contributed by atoms with Crippen molar-refractivity contribution in [2.24, 2.45) is 0 Å². The molecular formula is C24H29N3O2S. The molecule has 4 rings (SSSR count). The summed E-state index contributed by atoms with van der Waals surface area (Å²) in [5, 5.41) is 6.65. The number of benzene rings is 2. The number of carbonyl (C=O) groups excluding carboxylic acids is 1. The van der Waals surface area contributed by atoms with Crippen LogP contribution >= 0.6 is 11.3 Å². The number of carbonyl (C=O) groups is 1. The second-order valence-electron chi connectivity index (χ2n) is 7.77. The van der Waals surface area contributed by atoms with Crippen molar-refractivity contribution in [3.63, 3.8) is 0 Å². The van der Waals surface area contributed by atoms with E-state index in [1.807, 2.05) is 6.92 Å². The van der Waals surface area contributed by atoms with Gasteiger partial charge in [0.2, 0.25) is 5.91 Å². The first-order chi connectivity index (χ1) is 14.7. The second-order valence-corrected chi connectivity index (χ2v) is 8.93. The molecule has 3 aromatic rings. The molecule has 2 heterocycles. The monoisotopic (exact) mass is 423 g/mol. The molecule has 0 spiro atoms. The molecule has 158 valence electrons. The van der Waals surface area contributed by atoms with E-state index in [1.165, 1.54) is 16.3 Å². The van der Waals surface area contributed by atoms with Gasteiger partial charge in [-0.2, -0.15) is 0 Å². The van der Waals surface area contributed by atoms with Gasteiger partial charge in [0.25, 0.3) is 0 Å². The molecule has 0 aliphatic carbocycles. The van der Waals surface area contributed by atoms with E-state index in [2.05, 4.69) is 52.7 Å². The van der Waals surface area contributed by atoms with Crippen molar-refractivity contribution in [1.82, 2.24) is 15.2 Å². The summed E-state index contributed by atoms with van der Waals surface area (Å²) in [5.74, 6) is 0.0837. The van der Waals surface area contributed by atoms with Crippen LogP contribution in [0.25, 0.3) is 10.8 Å². The number of hydrogen-bond acceptors (Lipinski definition) is 5. The molecule has 0 bridgehead atoms. The smallest absolute Gasteiger partial charge is 0.225 e. The van der Waals surface area contributed by atoms with Crippen molar-refractivity contribution >= 4 is 28.0 Å². The number of nitrogens with zero attached hydrogens (tertiary/aromatic N) is 2. The van der Waals surface area contributed by atoms with Crippen LogP contribution in [0.3, 0.4) is 0 Å². The number of thiazole rings is 1. The van der Waals surface area contributed by atoms with Gasteiger partial charge in [-0.05, 0) is 36.2 Å². The number of amides is 1. The first-order valence-electron chi connectivity index (χ1n) is 10.7. The Morgan fingerprint density at radius 2 is 1.97 bits per heavy atom. The van der Waals surface area contributed by atoms with Gasteiger partial charge < -0.3 is 10.1 Å². The number of fused-ring (bicyclic) bond motifs is 1. The van der Waals surface area contributed by atoms with Crippen LogP contribution in [0.15, 0.2) is 42.5 Å². The zero-order chi connectivity index (χ0) is 20.8. The predicted molar refractivity (Wildman–Crippen MR) is 122 cm³/mol. The average molecular weight is 424 g/mol. The van der Waals surface area contributed by atoms with E-state index in [-0.39, 0.29) is 5.91 Å². The Kier molecular flexibility index (Phi) is 7.10. The van der Waals surface area contributed by atoms with Crippen molar-refractivity contribution in [3.05, 3.63) is 63.6 Å².